The molecule has 1 aromatic heterocycles. The molecule has 4 heterocycles. The molecule has 0 radical (unpaired) electrons. The fraction of sp³-hybridized carbons (Fsp3) is 0.500. The number of piperidine rings is 2. The third-order valence-corrected chi connectivity index (χ3v) is 13.5. The Kier molecular flexibility index (Phi) is 16.5. The summed E-state index contributed by atoms with van der Waals surface area (Å²) in [7, 11) is 3.80. The minimum absolute atomic E-state index is 0.102. The summed E-state index contributed by atoms with van der Waals surface area (Å²) < 4.78 is 20.9. The van der Waals surface area contributed by atoms with E-state index in [1.165, 1.54) is 12.5 Å². The number of allylic oxidation sites excluding steroid dienone is 1. The van der Waals surface area contributed by atoms with Crippen molar-refractivity contribution in [3.63, 3.8) is 0 Å². The molecule has 0 spiro atoms. The zero-order valence-electron chi connectivity index (χ0n) is 40.3. The highest BCUT2D eigenvalue weighted by Crippen LogP contribution is 2.32. The van der Waals surface area contributed by atoms with Gasteiger partial charge in [0, 0.05) is 77.2 Å². The summed E-state index contributed by atoms with van der Waals surface area (Å²) in [5, 5.41) is 15.8. The summed E-state index contributed by atoms with van der Waals surface area (Å²) in [5.74, 6) is 0.200. The molecule has 2 aromatic carbocycles. The Morgan fingerprint density at radius 2 is 1.74 bits per heavy atom. The maximum Gasteiger partial charge on any atom is 0.234 e. The average Bonchev–Trinajstić information content (AvgIpc) is 3.79. The highest BCUT2D eigenvalue weighted by Gasteiger charge is 2.30. The average molecular weight is 933 g/mol. The summed E-state index contributed by atoms with van der Waals surface area (Å²) in [4.78, 5) is 61.1. The molecule has 3 fully saturated rings. The van der Waals surface area contributed by atoms with Crippen LogP contribution in [-0.2, 0) is 31.0 Å². The van der Waals surface area contributed by atoms with Crippen LogP contribution in [0, 0.1) is 11.7 Å². The largest absolute Gasteiger partial charge is 0.386 e. The zero-order chi connectivity index (χ0) is 48.4. The molecule has 15 nitrogen and oxygen atoms in total. The number of aliphatic imine (C=N–C) groups is 1. The molecule has 1 unspecified atom stereocenters. The Morgan fingerprint density at radius 3 is 2.41 bits per heavy atom. The van der Waals surface area contributed by atoms with Crippen molar-refractivity contribution in [2.24, 2.45) is 16.6 Å². The van der Waals surface area contributed by atoms with E-state index in [2.05, 4.69) is 53.4 Å². The Balaban J connectivity index is 0.951. The van der Waals surface area contributed by atoms with Crippen LogP contribution in [0.15, 0.2) is 87.8 Å². The quantitative estimate of drug-likeness (QED) is 0.0891. The topological polar surface area (TPSA) is 191 Å². The fourth-order valence-corrected chi connectivity index (χ4v) is 9.58. The van der Waals surface area contributed by atoms with E-state index in [0.29, 0.717) is 67.1 Å². The Hall–Kier alpha value is -6.29. The van der Waals surface area contributed by atoms with Crippen LogP contribution in [0.1, 0.15) is 120 Å². The number of carbonyl (C=O) groups is 4. The van der Waals surface area contributed by atoms with Gasteiger partial charge in [0.05, 0.1) is 35.6 Å². The molecular weight excluding hydrogens is 864 g/mol. The highest BCUT2D eigenvalue weighted by molar-refractivity contribution is 6.04. The van der Waals surface area contributed by atoms with Crippen molar-refractivity contribution in [2.45, 2.75) is 115 Å². The number of likely N-dealkylation sites (N-methyl/N-ethyl adjacent to an activating group) is 1. The number of anilines is 2. The second kappa shape index (κ2) is 22.7. The molecule has 0 bridgehead atoms. The van der Waals surface area contributed by atoms with Crippen molar-refractivity contribution in [3.8, 4) is 0 Å². The minimum Gasteiger partial charge on any atom is -0.386 e. The molecule has 2 saturated heterocycles. The summed E-state index contributed by atoms with van der Waals surface area (Å²) in [6.45, 7) is 9.70. The van der Waals surface area contributed by atoms with Gasteiger partial charge in [-0.05, 0) is 79.3 Å². The lowest BCUT2D eigenvalue weighted by Gasteiger charge is -2.36. The number of nitrogens with two attached hydrogens (primary N) is 1. The number of benzene rings is 2. The SMILES string of the molecule is CN/C(=C1/C(N)=NC=C(/C=C/CCN(CCC(=O)NC2CCCCC2)CC2CCN(c3ccc(C4CCC(=O)NC4=O)cc3F)CC2)N1C)c1ccc(CC(=O)Nc2cc(C(C)(C)C)on2)cc1. The Bertz CT molecular complexity index is 2400. The third-order valence-electron chi connectivity index (χ3n) is 13.5. The Morgan fingerprint density at radius 1 is 0.985 bits per heavy atom. The maximum absolute atomic E-state index is 15.5. The first-order valence-electron chi connectivity index (χ1n) is 24.3. The summed E-state index contributed by atoms with van der Waals surface area (Å²) in [6.07, 6.45) is 15.3. The van der Waals surface area contributed by atoms with Crippen molar-refractivity contribution >= 4 is 46.7 Å². The standard InChI is InChI=1S/C52H69FN10O5/c1-52(2,3)43-31-44(60-68-43)58-47(66)29-34-14-16-36(17-15-34)48(55-4)49-50(54)56-32-39(61(49)5)13-9-10-25-62(26-24-46(65)57-38-11-7-6-8-12-38)33-35-22-27-63(28-23-35)42-20-18-37(30-41(42)53)40-19-21-45(64)59-51(40)67/h9,13-18,20,30-32,35,38,40,55H,6-8,10-12,19,21-29,33H2,1-5H3,(H2,54,56)(H,57,65)(H,58,60,66)(H,59,64,67)/b13-9+,49-48-. The molecule has 4 aliphatic rings. The zero-order valence-corrected chi connectivity index (χ0v) is 40.3. The molecule has 364 valence electrons. The lowest BCUT2D eigenvalue weighted by atomic mass is 9.90. The molecule has 68 heavy (non-hydrogen) atoms. The first kappa shape index (κ1) is 49.6. The van der Waals surface area contributed by atoms with Crippen molar-refractivity contribution in [3.05, 3.63) is 107 Å². The van der Waals surface area contributed by atoms with E-state index in [1.54, 1.807) is 18.3 Å². The number of imide groups is 1. The van der Waals surface area contributed by atoms with Gasteiger partial charge in [-0.15, -0.1) is 0 Å². The van der Waals surface area contributed by atoms with Gasteiger partial charge in [0.1, 0.15) is 23.1 Å². The molecule has 1 saturated carbocycles. The number of hydrogen-bond acceptors (Lipinski definition) is 12. The number of amides is 4. The number of halogens is 1. The van der Waals surface area contributed by atoms with Crippen molar-refractivity contribution in [2.75, 3.05) is 57.0 Å². The Labute approximate surface area is 399 Å². The smallest absolute Gasteiger partial charge is 0.234 e. The van der Waals surface area contributed by atoms with Crippen LogP contribution >= 0.6 is 0 Å². The van der Waals surface area contributed by atoms with Crippen LogP contribution < -0.4 is 31.9 Å². The summed E-state index contributed by atoms with van der Waals surface area (Å²) >= 11 is 0. The fourth-order valence-electron chi connectivity index (χ4n) is 9.58. The van der Waals surface area contributed by atoms with Gasteiger partial charge in [0.25, 0.3) is 0 Å². The molecule has 7 rings (SSSR count). The van der Waals surface area contributed by atoms with E-state index in [4.69, 9.17) is 10.3 Å². The molecule has 3 aromatic rings. The molecule has 4 amide bonds. The lowest BCUT2D eigenvalue weighted by Crippen LogP contribution is -2.41. The number of rotatable bonds is 17. The van der Waals surface area contributed by atoms with E-state index in [0.717, 1.165) is 86.3 Å². The van der Waals surface area contributed by atoms with Gasteiger partial charge >= 0.3 is 0 Å². The predicted molar refractivity (Wildman–Crippen MR) is 264 cm³/mol. The number of amidine groups is 1. The number of nitrogens with one attached hydrogen (secondary N) is 4. The van der Waals surface area contributed by atoms with E-state index >= 15 is 4.39 Å². The molecule has 16 heteroatoms. The van der Waals surface area contributed by atoms with Gasteiger partial charge < -0.3 is 40.9 Å². The van der Waals surface area contributed by atoms with E-state index in [-0.39, 0.29) is 53.7 Å². The molecular formula is C52H69FN10O5. The first-order chi connectivity index (χ1) is 32.6. The van der Waals surface area contributed by atoms with Gasteiger partial charge in [-0.3, -0.25) is 24.5 Å². The van der Waals surface area contributed by atoms with Crippen LogP contribution in [-0.4, -0.2) is 97.3 Å². The monoisotopic (exact) mass is 933 g/mol. The van der Waals surface area contributed by atoms with Crippen LogP contribution in [0.2, 0.25) is 0 Å². The number of carbonyl (C=O) groups excluding carboxylic acids is 4. The van der Waals surface area contributed by atoms with Crippen molar-refractivity contribution in [1.82, 2.24) is 30.9 Å². The van der Waals surface area contributed by atoms with Gasteiger partial charge in [0.2, 0.25) is 23.6 Å². The maximum atomic E-state index is 15.5. The number of hydrogen-bond donors (Lipinski definition) is 5. The van der Waals surface area contributed by atoms with Crippen LogP contribution in [0.4, 0.5) is 15.9 Å². The van der Waals surface area contributed by atoms with Crippen LogP contribution in [0.5, 0.6) is 0 Å². The van der Waals surface area contributed by atoms with Crippen LogP contribution in [0.3, 0.4) is 0 Å². The first-order valence-corrected chi connectivity index (χ1v) is 24.3. The van der Waals surface area contributed by atoms with Crippen LogP contribution in [0.25, 0.3) is 5.70 Å². The lowest BCUT2D eigenvalue weighted by molar-refractivity contribution is -0.134. The molecule has 6 N–H and O–H groups in total. The minimum atomic E-state index is -0.528. The normalized spacial score (nSPS) is 19.5. The van der Waals surface area contributed by atoms with E-state index < -0.39 is 5.92 Å². The number of nitrogens with zero attached hydrogens (tertiary/aromatic N) is 5. The van der Waals surface area contributed by atoms with Gasteiger partial charge in [0.15, 0.2) is 5.82 Å². The second-order valence-electron chi connectivity index (χ2n) is 19.6. The van der Waals surface area contributed by atoms with Gasteiger partial charge in [-0.2, -0.15) is 0 Å². The van der Waals surface area contributed by atoms with Gasteiger partial charge in [-0.25, -0.2) is 9.38 Å². The van der Waals surface area contributed by atoms with Gasteiger partial charge in [-0.1, -0.05) is 81.6 Å². The third kappa shape index (κ3) is 13.0. The summed E-state index contributed by atoms with van der Waals surface area (Å²) in [5.41, 5.74) is 11.5. The van der Waals surface area contributed by atoms with E-state index in [9.17, 15) is 19.2 Å². The molecule has 1 aliphatic carbocycles. The predicted octanol–water partition coefficient (Wildman–Crippen LogP) is 6.85. The van der Waals surface area contributed by atoms with Crippen molar-refractivity contribution < 1.29 is 28.1 Å². The highest BCUT2D eigenvalue weighted by atomic mass is 19.1. The van der Waals surface area contributed by atoms with E-state index in [1.807, 2.05) is 70.1 Å². The second-order valence-corrected chi connectivity index (χ2v) is 19.6. The number of aromatic nitrogens is 1. The van der Waals surface area contributed by atoms with Crippen molar-refractivity contribution in [1.29, 1.82) is 0 Å². The molecule has 1 atom stereocenters. The molecule has 3 aliphatic heterocycles. The summed E-state index contributed by atoms with van der Waals surface area (Å²) in [6, 6.07) is 14.8.